The summed E-state index contributed by atoms with van der Waals surface area (Å²) in [4.78, 5) is 75.8. The Morgan fingerprint density at radius 3 is 2.40 bits per heavy atom. The molecule has 0 bridgehead atoms. The number of halogens is 1. The lowest BCUT2D eigenvalue weighted by Gasteiger charge is -2.40. The van der Waals surface area contributed by atoms with Gasteiger partial charge in [-0.2, -0.15) is 0 Å². The number of fused-ring (bicyclic) bond motifs is 1. The number of piperazine rings is 2. The molecule has 0 saturated carbocycles. The van der Waals surface area contributed by atoms with Crippen molar-refractivity contribution in [2.45, 2.75) is 56.5 Å². The second-order valence-electron chi connectivity index (χ2n) is 17.2. The van der Waals surface area contributed by atoms with E-state index in [0.717, 1.165) is 80.9 Å². The van der Waals surface area contributed by atoms with Gasteiger partial charge < -0.3 is 40.1 Å². The minimum Gasteiger partial charge on any atom is -0.445 e. The van der Waals surface area contributed by atoms with Crippen molar-refractivity contribution in [3.05, 3.63) is 84.0 Å². The van der Waals surface area contributed by atoms with Gasteiger partial charge in [-0.15, -0.1) is 0 Å². The fourth-order valence-electron chi connectivity index (χ4n) is 9.28. The molecule has 0 radical (unpaired) electrons. The highest BCUT2D eigenvalue weighted by Gasteiger charge is 2.39. The van der Waals surface area contributed by atoms with E-state index in [9.17, 15) is 19.2 Å². The van der Waals surface area contributed by atoms with Gasteiger partial charge in [0, 0.05) is 95.6 Å². The molecule has 4 N–H and O–H groups in total. The Morgan fingerprint density at radius 1 is 0.935 bits per heavy atom. The number of nitrogens with two attached hydrogens (primary N) is 1. The molecule has 0 spiro atoms. The lowest BCUT2D eigenvalue weighted by atomic mass is 9.86. The van der Waals surface area contributed by atoms with E-state index >= 15 is 0 Å². The molecule has 4 aromatic rings. The lowest BCUT2D eigenvalue weighted by molar-refractivity contribution is -0.133. The topological polar surface area (TPSA) is 180 Å². The number of carbonyl (C=O) groups excluding carboxylic acids is 4. The zero-order chi connectivity index (χ0) is 43.2. The first-order valence-corrected chi connectivity index (χ1v) is 22.3. The number of aromatic nitrogens is 3. The van der Waals surface area contributed by atoms with Gasteiger partial charge in [0.1, 0.15) is 30.1 Å². The molecule has 4 fully saturated rings. The van der Waals surface area contributed by atoms with Crippen LogP contribution in [0.25, 0.3) is 11.0 Å². The summed E-state index contributed by atoms with van der Waals surface area (Å²) >= 11 is 6.26. The van der Waals surface area contributed by atoms with Crippen LogP contribution in [0, 0.1) is 5.92 Å². The molecule has 4 aliphatic heterocycles. The number of hydrogen-bond donors (Lipinski definition) is 3. The zero-order valence-electron chi connectivity index (χ0n) is 35.4. The number of hydrogen-bond acceptors (Lipinski definition) is 11. The molecular formula is C45H58ClN11O5. The molecule has 4 saturated heterocycles. The highest BCUT2D eigenvalue weighted by atomic mass is 35.5. The number of H-pyrrole nitrogens is 1. The van der Waals surface area contributed by atoms with Crippen molar-refractivity contribution in [3.8, 4) is 0 Å². The summed E-state index contributed by atoms with van der Waals surface area (Å²) in [5.74, 6) is 2.09. The van der Waals surface area contributed by atoms with Gasteiger partial charge in [-0.3, -0.25) is 29.0 Å². The Kier molecular flexibility index (Phi) is 13.6. The predicted octanol–water partition coefficient (Wildman–Crippen LogP) is 3.60. The van der Waals surface area contributed by atoms with Gasteiger partial charge in [0.05, 0.1) is 17.0 Å². The number of likely N-dealkylation sites (tertiary alicyclic amines) is 1. The van der Waals surface area contributed by atoms with Crippen LogP contribution in [-0.2, 0) is 25.6 Å². The monoisotopic (exact) mass is 867 g/mol. The highest BCUT2D eigenvalue weighted by molar-refractivity contribution is 6.30. The Morgan fingerprint density at radius 2 is 1.68 bits per heavy atom. The first kappa shape index (κ1) is 43.4. The van der Waals surface area contributed by atoms with Crippen molar-refractivity contribution in [3.63, 3.8) is 0 Å². The van der Waals surface area contributed by atoms with Crippen LogP contribution < -0.4 is 20.9 Å². The molecule has 4 amide bonds. The summed E-state index contributed by atoms with van der Waals surface area (Å²) in [6, 6.07) is 13.1. The van der Waals surface area contributed by atoms with Gasteiger partial charge in [0.15, 0.2) is 0 Å². The maximum absolute atomic E-state index is 13.9. The Hall–Kier alpha value is -5.29. The van der Waals surface area contributed by atoms with Gasteiger partial charge in [0.25, 0.3) is 0 Å². The molecule has 0 unspecified atom stereocenters. The van der Waals surface area contributed by atoms with Crippen LogP contribution in [-0.4, -0.2) is 149 Å². The maximum Gasteiger partial charge on any atom is 0.248 e. The van der Waals surface area contributed by atoms with E-state index in [4.69, 9.17) is 21.8 Å². The fourth-order valence-corrected chi connectivity index (χ4v) is 9.41. The summed E-state index contributed by atoms with van der Waals surface area (Å²) in [5, 5.41) is 4.96. The standard InChI is InChI=1S/C45H58ClN11O5/c1-2-38(58)56-27-28-57(40(60)30-56)41-10-8-35(62-41)7-9-39(59)54-25-23-53(24-26-54)29-32-12-18-52(19-13-32)20-14-37(33-3-5-34(46)6-4-33)51-44(61)45(47)15-21-55(22-16-45)43-36-11-17-48-42(36)49-31-50-43/h2-6,8,10-11,17,31-32,37H,1,7,9,12-16,18-30,47H2,(H,51,61)(H,48,49,50)/t37-/m0/s1. The molecule has 62 heavy (non-hydrogen) atoms. The van der Waals surface area contributed by atoms with Crippen molar-refractivity contribution in [2.75, 3.05) is 94.9 Å². The number of aryl methyl sites for hydroxylation is 1. The van der Waals surface area contributed by atoms with Crippen molar-refractivity contribution >= 4 is 58.0 Å². The van der Waals surface area contributed by atoms with E-state index in [1.807, 2.05) is 47.5 Å². The molecule has 0 aliphatic carbocycles. The number of amides is 4. The van der Waals surface area contributed by atoms with E-state index in [-0.39, 0.29) is 36.2 Å². The summed E-state index contributed by atoms with van der Waals surface area (Å²) < 4.78 is 5.95. The molecule has 4 aliphatic rings. The van der Waals surface area contributed by atoms with Crippen LogP contribution in [0.5, 0.6) is 0 Å². The van der Waals surface area contributed by atoms with Crippen LogP contribution in [0.4, 0.5) is 11.7 Å². The number of furan rings is 1. The van der Waals surface area contributed by atoms with Crippen molar-refractivity contribution in [1.82, 2.24) is 39.9 Å². The minimum atomic E-state index is -0.982. The largest absolute Gasteiger partial charge is 0.445 e. The van der Waals surface area contributed by atoms with E-state index in [1.54, 1.807) is 17.3 Å². The molecule has 330 valence electrons. The number of nitrogens with zero attached hydrogens (tertiary/aromatic N) is 8. The quantitative estimate of drug-likeness (QED) is 0.158. The highest BCUT2D eigenvalue weighted by Crippen LogP contribution is 2.30. The Bertz CT molecular complexity index is 2200. The van der Waals surface area contributed by atoms with Crippen molar-refractivity contribution in [1.29, 1.82) is 0 Å². The molecule has 7 heterocycles. The maximum atomic E-state index is 13.9. The number of benzene rings is 1. The van der Waals surface area contributed by atoms with Crippen LogP contribution in [0.1, 0.15) is 55.9 Å². The SMILES string of the molecule is C=CC(=O)N1CCN(c2ccc(CCC(=O)N3CCN(CC4CCN(CC[C@H](NC(=O)C5(N)CCN(c6ncnc7[nH]ccc67)CC5)c5ccc(Cl)cc5)CC4)CC3)o2)C(=O)C1. The number of rotatable bonds is 14. The van der Waals surface area contributed by atoms with Gasteiger partial charge in [-0.25, -0.2) is 9.97 Å². The van der Waals surface area contributed by atoms with Crippen molar-refractivity contribution < 1.29 is 23.6 Å². The Labute approximate surface area is 367 Å². The normalized spacial score (nSPS) is 19.8. The van der Waals surface area contributed by atoms with Crippen molar-refractivity contribution in [2.24, 2.45) is 11.7 Å². The molecule has 3 aromatic heterocycles. The number of anilines is 2. The van der Waals surface area contributed by atoms with Gasteiger partial charge in [-0.1, -0.05) is 30.3 Å². The fraction of sp³-hybridized carbons (Fsp3) is 0.511. The van der Waals surface area contributed by atoms with E-state index in [1.165, 1.54) is 11.0 Å². The molecule has 1 aromatic carbocycles. The molecular weight excluding hydrogens is 810 g/mol. The molecule has 8 rings (SSSR count). The predicted molar refractivity (Wildman–Crippen MR) is 238 cm³/mol. The van der Waals surface area contributed by atoms with Crippen LogP contribution in [0.2, 0.25) is 5.02 Å². The second kappa shape index (κ2) is 19.4. The van der Waals surface area contributed by atoms with Gasteiger partial charge in [-0.05, 0) is 87.0 Å². The van der Waals surface area contributed by atoms with E-state index < -0.39 is 5.54 Å². The third kappa shape index (κ3) is 10.1. The summed E-state index contributed by atoms with van der Waals surface area (Å²) in [7, 11) is 0. The molecule has 16 nitrogen and oxygen atoms in total. The summed E-state index contributed by atoms with van der Waals surface area (Å²) in [6.45, 7) is 12.5. The molecule has 17 heteroatoms. The van der Waals surface area contributed by atoms with Crippen LogP contribution in [0.3, 0.4) is 0 Å². The van der Waals surface area contributed by atoms with E-state index in [2.05, 4.69) is 41.5 Å². The zero-order valence-corrected chi connectivity index (χ0v) is 36.1. The van der Waals surface area contributed by atoms with Crippen LogP contribution >= 0.6 is 11.6 Å². The first-order valence-electron chi connectivity index (χ1n) is 22.0. The average Bonchev–Trinajstić information content (AvgIpc) is 3.98. The number of piperidine rings is 2. The Balaban J connectivity index is 0.749. The van der Waals surface area contributed by atoms with E-state index in [0.29, 0.717) is 87.5 Å². The minimum absolute atomic E-state index is 0.0121. The van der Waals surface area contributed by atoms with Gasteiger partial charge in [0.2, 0.25) is 29.5 Å². The summed E-state index contributed by atoms with van der Waals surface area (Å²) in [6.07, 6.45) is 9.47. The number of carbonyl (C=O) groups is 4. The second-order valence-corrected chi connectivity index (χ2v) is 17.6. The van der Waals surface area contributed by atoms with Crippen LogP contribution in [0.15, 0.2) is 72.1 Å². The van der Waals surface area contributed by atoms with Gasteiger partial charge >= 0.3 is 0 Å². The molecule has 1 atom stereocenters. The third-order valence-electron chi connectivity index (χ3n) is 13.2. The lowest BCUT2D eigenvalue weighted by Crippen LogP contribution is -2.60. The first-order chi connectivity index (χ1) is 30.0. The number of aromatic amines is 1. The average molecular weight is 868 g/mol. The summed E-state index contributed by atoms with van der Waals surface area (Å²) in [5.41, 5.74) is 7.69. The number of nitrogens with one attached hydrogen (secondary N) is 2. The smallest absolute Gasteiger partial charge is 0.248 e. The third-order valence-corrected chi connectivity index (χ3v) is 13.5.